The Morgan fingerprint density at radius 1 is 1.10 bits per heavy atom. The van der Waals surface area contributed by atoms with Crippen LogP contribution in [0, 0.1) is 5.82 Å². The zero-order chi connectivity index (χ0) is 20.2. The predicted octanol–water partition coefficient (Wildman–Crippen LogP) is 3.35. The number of piperazine rings is 1. The van der Waals surface area contributed by atoms with E-state index in [0.29, 0.717) is 49.6 Å². The van der Waals surface area contributed by atoms with E-state index in [1.54, 1.807) is 29.3 Å². The van der Waals surface area contributed by atoms with Crippen LogP contribution in [0.4, 0.5) is 16.0 Å². The van der Waals surface area contributed by atoms with E-state index in [4.69, 9.17) is 0 Å². The predicted molar refractivity (Wildman–Crippen MR) is 112 cm³/mol. The lowest BCUT2D eigenvalue weighted by atomic mass is 10.0. The lowest BCUT2D eigenvalue weighted by molar-refractivity contribution is 0.0740. The molecule has 1 aromatic heterocycles. The van der Waals surface area contributed by atoms with Gasteiger partial charge in [-0.05, 0) is 43.9 Å². The number of halogens is 1. The molecule has 2 aliphatic heterocycles. The standard InChI is InChI=1S/C22H28FN5O/c1-2-17-7-5-6-12-28(17)22-24-11-10-19(25-22)21(29)27-15-13-26(14-16-27)20-9-4-3-8-18(20)23/h3-4,8-11,17H,2,5-7,12-16H2,1H3. The van der Waals surface area contributed by atoms with E-state index in [1.807, 2.05) is 11.0 Å². The van der Waals surface area contributed by atoms with Gasteiger partial charge in [-0.15, -0.1) is 0 Å². The number of hydrogen-bond donors (Lipinski definition) is 0. The molecular weight excluding hydrogens is 369 g/mol. The largest absolute Gasteiger partial charge is 0.366 e. The Morgan fingerprint density at radius 3 is 2.66 bits per heavy atom. The van der Waals surface area contributed by atoms with Crippen molar-refractivity contribution in [1.82, 2.24) is 14.9 Å². The lowest BCUT2D eigenvalue weighted by Crippen LogP contribution is -2.49. The summed E-state index contributed by atoms with van der Waals surface area (Å²) in [5.41, 5.74) is 1.04. The van der Waals surface area contributed by atoms with Crippen LogP contribution >= 0.6 is 0 Å². The van der Waals surface area contributed by atoms with Gasteiger partial charge in [-0.3, -0.25) is 4.79 Å². The summed E-state index contributed by atoms with van der Waals surface area (Å²) < 4.78 is 14.0. The summed E-state index contributed by atoms with van der Waals surface area (Å²) in [4.78, 5) is 28.1. The first-order valence-electron chi connectivity index (χ1n) is 10.6. The summed E-state index contributed by atoms with van der Waals surface area (Å²) in [5.74, 6) is 0.360. The highest BCUT2D eigenvalue weighted by molar-refractivity contribution is 5.92. The number of rotatable bonds is 4. The third-order valence-corrected chi connectivity index (χ3v) is 5.98. The Hall–Kier alpha value is -2.70. The molecule has 6 nitrogen and oxygen atoms in total. The second-order valence-electron chi connectivity index (χ2n) is 7.72. The smallest absolute Gasteiger partial charge is 0.272 e. The maximum Gasteiger partial charge on any atom is 0.272 e. The zero-order valence-corrected chi connectivity index (χ0v) is 16.9. The molecule has 0 aliphatic carbocycles. The van der Waals surface area contributed by atoms with Gasteiger partial charge < -0.3 is 14.7 Å². The third-order valence-electron chi connectivity index (χ3n) is 5.98. The quantitative estimate of drug-likeness (QED) is 0.792. The Morgan fingerprint density at radius 2 is 1.90 bits per heavy atom. The van der Waals surface area contributed by atoms with Crippen LogP contribution < -0.4 is 9.80 Å². The Kier molecular flexibility index (Phi) is 5.92. The number of nitrogens with zero attached hydrogens (tertiary/aromatic N) is 5. The average Bonchev–Trinajstić information content (AvgIpc) is 2.79. The van der Waals surface area contributed by atoms with E-state index in [9.17, 15) is 9.18 Å². The van der Waals surface area contributed by atoms with Crippen LogP contribution in [-0.2, 0) is 0 Å². The summed E-state index contributed by atoms with van der Waals surface area (Å²) >= 11 is 0. The minimum atomic E-state index is -0.222. The molecule has 1 aromatic carbocycles. The molecule has 7 heteroatoms. The maximum atomic E-state index is 14.0. The van der Waals surface area contributed by atoms with Crippen LogP contribution in [0.3, 0.4) is 0 Å². The third kappa shape index (κ3) is 4.18. The molecule has 3 heterocycles. The van der Waals surface area contributed by atoms with Gasteiger partial charge in [-0.1, -0.05) is 19.1 Å². The van der Waals surface area contributed by atoms with Crippen molar-refractivity contribution in [1.29, 1.82) is 0 Å². The van der Waals surface area contributed by atoms with Crippen molar-refractivity contribution in [2.75, 3.05) is 42.5 Å². The van der Waals surface area contributed by atoms with Gasteiger partial charge >= 0.3 is 0 Å². The second kappa shape index (κ2) is 8.76. The maximum absolute atomic E-state index is 14.0. The molecule has 1 unspecified atom stereocenters. The molecule has 2 aromatic rings. The molecule has 2 saturated heterocycles. The van der Waals surface area contributed by atoms with Gasteiger partial charge in [0.05, 0.1) is 5.69 Å². The van der Waals surface area contributed by atoms with Gasteiger partial charge in [0, 0.05) is 45.0 Å². The van der Waals surface area contributed by atoms with Crippen molar-refractivity contribution in [2.24, 2.45) is 0 Å². The molecule has 154 valence electrons. The fourth-order valence-electron chi connectivity index (χ4n) is 4.31. The second-order valence-corrected chi connectivity index (χ2v) is 7.72. The first kappa shape index (κ1) is 19.6. The number of amides is 1. The van der Waals surface area contributed by atoms with Gasteiger partial charge in [0.15, 0.2) is 0 Å². The lowest BCUT2D eigenvalue weighted by Gasteiger charge is -2.36. The molecular formula is C22H28FN5O. The Balaban J connectivity index is 1.43. The first-order valence-corrected chi connectivity index (χ1v) is 10.6. The highest BCUT2D eigenvalue weighted by Crippen LogP contribution is 2.24. The monoisotopic (exact) mass is 397 g/mol. The normalized spacial score (nSPS) is 20.1. The summed E-state index contributed by atoms with van der Waals surface area (Å²) in [6.45, 7) is 5.44. The van der Waals surface area contributed by atoms with Crippen molar-refractivity contribution in [3.05, 3.63) is 48.0 Å². The van der Waals surface area contributed by atoms with E-state index >= 15 is 0 Å². The number of para-hydroxylation sites is 1. The zero-order valence-electron chi connectivity index (χ0n) is 16.9. The van der Waals surface area contributed by atoms with Crippen molar-refractivity contribution in [2.45, 2.75) is 38.6 Å². The van der Waals surface area contributed by atoms with Crippen LogP contribution in [0.25, 0.3) is 0 Å². The topological polar surface area (TPSA) is 52.6 Å². The molecule has 1 amide bonds. The molecule has 4 rings (SSSR count). The number of carbonyl (C=O) groups excluding carboxylic acids is 1. The number of carbonyl (C=O) groups is 1. The van der Waals surface area contributed by atoms with Crippen LogP contribution in [-0.4, -0.2) is 59.5 Å². The minimum absolute atomic E-state index is 0.0770. The number of anilines is 2. The molecule has 0 spiro atoms. The SMILES string of the molecule is CCC1CCCCN1c1nccc(C(=O)N2CCN(c3ccccc3F)CC2)n1. The van der Waals surface area contributed by atoms with E-state index < -0.39 is 0 Å². The summed E-state index contributed by atoms with van der Waals surface area (Å²) in [5, 5.41) is 0. The summed E-state index contributed by atoms with van der Waals surface area (Å²) in [6.07, 6.45) is 6.26. The van der Waals surface area contributed by atoms with Gasteiger partial charge in [-0.25, -0.2) is 14.4 Å². The van der Waals surface area contributed by atoms with Crippen LogP contribution in [0.5, 0.6) is 0 Å². The fourth-order valence-corrected chi connectivity index (χ4v) is 4.31. The average molecular weight is 397 g/mol. The number of hydrogen-bond acceptors (Lipinski definition) is 5. The minimum Gasteiger partial charge on any atom is -0.366 e. The fraction of sp³-hybridized carbons (Fsp3) is 0.500. The molecule has 2 fully saturated rings. The highest BCUT2D eigenvalue weighted by atomic mass is 19.1. The summed E-state index contributed by atoms with van der Waals surface area (Å²) in [6, 6.07) is 8.92. The van der Waals surface area contributed by atoms with E-state index in [0.717, 1.165) is 25.8 Å². The van der Waals surface area contributed by atoms with Crippen molar-refractivity contribution < 1.29 is 9.18 Å². The van der Waals surface area contributed by atoms with Crippen LogP contribution in [0.1, 0.15) is 43.1 Å². The van der Waals surface area contributed by atoms with Gasteiger partial charge in [0.1, 0.15) is 11.5 Å². The molecule has 0 N–H and O–H groups in total. The van der Waals surface area contributed by atoms with Gasteiger partial charge in [0.2, 0.25) is 5.95 Å². The van der Waals surface area contributed by atoms with Crippen molar-refractivity contribution in [3.63, 3.8) is 0 Å². The van der Waals surface area contributed by atoms with E-state index in [-0.39, 0.29) is 11.7 Å². The number of benzene rings is 1. The molecule has 0 radical (unpaired) electrons. The van der Waals surface area contributed by atoms with Crippen molar-refractivity contribution >= 4 is 17.5 Å². The van der Waals surface area contributed by atoms with E-state index in [2.05, 4.69) is 21.8 Å². The van der Waals surface area contributed by atoms with Crippen molar-refractivity contribution in [3.8, 4) is 0 Å². The molecule has 1 atom stereocenters. The molecule has 0 saturated carbocycles. The summed E-state index contributed by atoms with van der Waals surface area (Å²) in [7, 11) is 0. The van der Waals surface area contributed by atoms with Gasteiger partial charge in [0.25, 0.3) is 5.91 Å². The van der Waals surface area contributed by atoms with Crippen LogP contribution in [0.15, 0.2) is 36.5 Å². The van der Waals surface area contributed by atoms with Crippen LogP contribution in [0.2, 0.25) is 0 Å². The number of aromatic nitrogens is 2. The molecule has 0 bridgehead atoms. The Bertz CT molecular complexity index is 853. The first-order chi connectivity index (χ1) is 14.2. The van der Waals surface area contributed by atoms with Gasteiger partial charge in [-0.2, -0.15) is 0 Å². The Labute approximate surface area is 171 Å². The molecule has 2 aliphatic rings. The molecule has 29 heavy (non-hydrogen) atoms. The van der Waals surface area contributed by atoms with E-state index in [1.165, 1.54) is 12.5 Å². The number of piperidine rings is 1. The highest BCUT2D eigenvalue weighted by Gasteiger charge is 2.27.